The van der Waals surface area contributed by atoms with Gasteiger partial charge in [0.05, 0.1) is 17.4 Å². The lowest BCUT2D eigenvalue weighted by molar-refractivity contribution is 0.0928. The van der Waals surface area contributed by atoms with Crippen LogP contribution in [0.1, 0.15) is 38.8 Å². The van der Waals surface area contributed by atoms with Crippen molar-refractivity contribution in [1.82, 2.24) is 15.1 Å². The third kappa shape index (κ3) is 5.36. The van der Waals surface area contributed by atoms with E-state index in [1.807, 2.05) is 80.6 Å². The van der Waals surface area contributed by atoms with Crippen LogP contribution in [-0.4, -0.2) is 15.7 Å². The van der Waals surface area contributed by atoms with Crippen molar-refractivity contribution in [2.75, 3.05) is 0 Å². The molecule has 0 aliphatic rings. The minimum absolute atomic E-state index is 0.255. The second-order valence-electron chi connectivity index (χ2n) is 9.22. The van der Waals surface area contributed by atoms with Gasteiger partial charge in [-0.05, 0) is 66.8 Å². The minimum atomic E-state index is -0.383. The molecule has 0 saturated heterocycles. The van der Waals surface area contributed by atoms with Gasteiger partial charge >= 0.3 is 0 Å². The molecule has 0 fully saturated rings. The van der Waals surface area contributed by atoms with Gasteiger partial charge in [-0.2, -0.15) is 5.10 Å². The summed E-state index contributed by atoms with van der Waals surface area (Å²) in [6, 6.07) is 33.9. The second-order valence-corrected chi connectivity index (χ2v) is 9.22. The Hall–Kier alpha value is -4.51. The van der Waals surface area contributed by atoms with Crippen molar-refractivity contribution >= 4 is 5.91 Å². The number of carbonyl (C=O) groups is 1. The van der Waals surface area contributed by atoms with Gasteiger partial charge in [0.1, 0.15) is 11.5 Å². The van der Waals surface area contributed by atoms with Gasteiger partial charge in [0.2, 0.25) is 0 Å². The number of aromatic nitrogens is 2. The SMILES string of the molecule is Cc1ccc(C)c(-n2nc(-c3ccccc3F)cc2C(=O)NC(Cc2ccccc2)c2ccccc2)c1. The number of aryl methyl sites for hydroxylation is 2. The number of halogens is 1. The Labute approximate surface area is 216 Å². The van der Waals surface area contributed by atoms with Crippen molar-refractivity contribution in [3.05, 3.63) is 143 Å². The molecule has 0 spiro atoms. The maximum atomic E-state index is 14.7. The van der Waals surface area contributed by atoms with E-state index in [1.165, 1.54) is 6.07 Å². The number of hydrogen-bond donors (Lipinski definition) is 1. The van der Waals surface area contributed by atoms with Gasteiger partial charge < -0.3 is 5.32 Å². The van der Waals surface area contributed by atoms with Crippen LogP contribution in [0.5, 0.6) is 0 Å². The van der Waals surface area contributed by atoms with Crippen LogP contribution in [-0.2, 0) is 6.42 Å². The fraction of sp³-hybridized carbons (Fsp3) is 0.125. The third-order valence-electron chi connectivity index (χ3n) is 6.47. The molecule has 37 heavy (non-hydrogen) atoms. The Kier molecular flexibility index (Phi) is 6.95. The van der Waals surface area contributed by atoms with Crippen LogP contribution in [0, 0.1) is 19.7 Å². The molecule has 1 N–H and O–H groups in total. The van der Waals surface area contributed by atoms with Crippen LogP contribution < -0.4 is 5.32 Å². The van der Waals surface area contributed by atoms with Crippen LogP contribution >= 0.6 is 0 Å². The Balaban J connectivity index is 1.57. The quantitative estimate of drug-likeness (QED) is 0.267. The normalized spacial score (nSPS) is 11.8. The summed E-state index contributed by atoms with van der Waals surface area (Å²) in [5.41, 5.74) is 6.02. The lowest BCUT2D eigenvalue weighted by Crippen LogP contribution is -2.31. The number of carbonyl (C=O) groups excluding carboxylic acids is 1. The Morgan fingerprint density at radius 3 is 2.27 bits per heavy atom. The van der Waals surface area contributed by atoms with E-state index in [0.717, 1.165) is 27.9 Å². The van der Waals surface area contributed by atoms with Gasteiger partial charge in [0.15, 0.2) is 0 Å². The molecule has 0 bridgehead atoms. The second kappa shape index (κ2) is 10.6. The van der Waals surface area contributed by atoms with E-state index in [9.17, 15) is 9.18 Å². The first kappa shape index (κ1) is 24.2. The molecule has 5 rings (SSSR count). The highest BCUT2D eigenvalue weighted by atomic mass is 19.1. The van der Waals surface area contributed by atoms with Crippen LogP contribution in [0.15, 0.2) is 109 Å². The molecule has 184 valence electrons. The first-order valence-corrected chi connectivity index (χ1v) is 12.3. The Morgan fingerprint density at radius 2 is 1.54 bits per heavy atom. The molecular formula is C32H28FN3O. The summed E-state index contributed by atoms with van der Waals surface area (Å²) in [4.78, 5) is 13.9. The summed E-state index contributed by atoms with van der Waals surface area (Å²) < 4.78 is 16.3. The van der Waals surface area contributed by atoms with E-state index in [-0.39, 0.29) is 17.8 Å². The van der Waals surface area contributed by atoms with E-state index < -0.39 is 0 Å². The molecule has 0 aliphatic heterocycles. The zero-order chi connectivity index (χ0) is 25.8. The summed E-state index contributed by atoms with van der Waals surface area (Å²) in [5.74, 6) is -0.660. The van der Waals surface area contributed by atoms with Gasteiger partial charge in [0, 0.05) is 5.56 Å². The largest absolute Gasteiger partial charge is 0.344 e. The van der Waals surface area contributed by atoms with Crippen LogP contribution in [0.4, 0.5) is 4.39 Å². The van der Waals surface area contributed by atoms with E-state index in [1.54, 1.807) is 28.9 Å². The van der Waals surface area contributed by atoms with E-state index >= 15 is 0 Å². The molecule has 1 atom stereocenters. The van der Waals surface area contributed by atoms with Crippen molar-refractivity contribution in [1.29, 1.82) is 0 Å². The standard InChI is InChI=1S/C32H28FN3O/c1-22-17-18-23(2)30(19-22)36-31(21-29(35-36)26-15-9-10-16-27(26)33)32(37)34-28(25-13-7-4-8-14-25)20-24-11-5-3-6-12-24/h3-19,21,28H,20H2,1-2H3,(H,34,37). The van der Waals surface area contributed by atoms with Crippen molar-refractivity contribution < 1.29 is 9.18 Å². The van der Waals surface area contributed by atoms with Crippen molar-refractivity contribution in [3.8, 4) is 16.9 Å². The molecule has 1 heterocycles. The first-order chi connectivity index (χ1) is 18.0. The maximum absolute atomic E-state index is 14.7. The summed E-state index contributed by atoms with van der Waals surface area (Å²) in [6.07, 6.45) is 0.633. The zero-order valence-electron chi connectivity index (χ0n) is 20.9. The molecule has 5 heteroatoms. The lowest BCUT2D eigenvalue weighted by atomic mass is 9.98. The fourth-order valence-corrected chi connectivity index (χ4v) is 4.49. The molecular weight excluding hydrogens is 461 g/mol. The third-order valence-corrected chi connectivity index (χ3v) is 6.47. The zero-order valence-corrected chi connectivity index (χ0v) is 20.9. The average molecular weight is 490 g/mol. The fourth-order valence-electron chi connectivity index (χ4n) is 4.49. The smallest absolute Gasteiger partial charge is 0.270 e. The van der Waals surface area contributed by atoms with Crippen LogP contribution in [0.25, 0.3) is 16.9 Å². The predicted octanol–water partition coefficient (Wildman–Crippen LogP) is 7.01. The lowest BCUT2D eigenvalue weighted by Gasteiger charge is -2.20. The van der Waals surface area contributed by atoms with Gasteiger partial charge in [-0.15, -0.1) is 0 Å². The number of nitrogens with zero attached hydrogens (tertiary/aromatic N) is 2. The molecule has 1 aromatic heterocycles. The van der Waals surface area contributed by atoms with E-state index in [4.69, 9.17) is 5.10 Å². The molecule has 5 aromatic rings. The molecule has 0 aliphatic carbocycles. The molecule has 1 unspecified atom stereocenters. The highest BCUT2D eigenvalue weighted by molar-refractivity contribution is 5.94. The number of rotatable bonds is 7. The minimum Gasteiger partial charge on any atom is -0.344 e. The summed E-state index contributed by atoms with van der Waals surface area (Å²) >= 11 is 0. The number of hydrogen-bond acceptors (Lipinski definition) is 2. The molecule has 0 saturated carbocycles. The van der Waals surface area contributed by atoms with E-state index in [0.29, 0.717) is 23.4 Å². The molecule has 4 aromatic carbocycles. The molecule has 4 nitrogen and oxygen atoms in total. The van der Waals surface area contributed by atoms with Crippen LogP contribution in [0.2, 0.25) is 0 Å². The number of benzene rings is 4. The van der Waals surface area contributed by atoms with Crippen LogP contribution in [0.3, 0.4) is 0 Å². The summed E-state index contributed by atoms with van der Waals surface area (Å²) in [7, 11) is 0. The highest BCUT2D eigenvalue weighted by Gasteiger charge is 2.23. The average Bonchev–Trinajstić information content (AvgIpc) is 3.36. The van der Waals surface area contributed by atoms with Gasteiger partial charge in [-0.25, -0.2) is 9.07 Å². The van der Waals surface area contributed by atoms with Crippen molar-refractivity contribution in [2.24, 2.45) is 0 Å². The maximum Gasteiger partial charge on any atom is 0.270 e. The van der Waals surface area contributed by atoms with Crippen molar-refractivity contribution in [3.63, 3.8) is 0 Å². The number of nitrogens with one attached hydrogen (secondary N) is 1. The van der Waals surface area contributed by atoms with E-state index in [2.05, 4.69) is 17.4 Å². The first-order valence-electron chi connectivity index (χ1n) is 12.3. The monoisotopic (exact) mass is 489 g/mol. The summed E-state index contributed by atoms with van der Waals surface area (Å²) in [6.45, 7) is 3.97. The highest BCUT2D eigenvalue weighted by Crippen LogP contribution is 2.27. The number of amides is 1. The molecule has 0 radical (unpaired) electrons. The predicted molar refractivity (Wildman–Crippen MR) is 145 cm³/mol. The van der Waals surface area contributed by atoms with Gasteiger partial charge in [-0.3, -0.25) is 4.79 Å². The molecule has 1 amide bonds. The van der Waals surface area contributed by atoms with Gasteiger partial charge in [-0.1, -0.05) is 84.9 Å². The topological polar surface area (TPSA) is 46.9 Å². The van der Waals surface area contributed by atoms with Gasteiger partial charge in [0.25, 0.3) is 5.91 Å². The Morgan fingerprint density at radius 1 is 0.865 bits per heavy atom. The Bertz CT molecular complexity index is 1530. The summed E-state index contributed by atoms with van der Waals surface area (Å²) in [5, 5.41) is 7.94. The van der Waals surface area contributed by atoms with Crippen molar-refractivity contribution in [2.45, 2.75) is 26.3 Å².